The van der Waals surface area contributed by atoms with Crippen molar-refractivity contribution >= 4 is 11.8 Å². The average molecular weight is 389 g/mol. The van der Waals surface area contributed by atoms with E-state index in [0.717, 1.165) is 38.2 Å². The molecule has 1 unspecified atom stereocenters. The molecule has 1 aliphatic rings. The van der Waals surface area contributed by atoms with Gasteiger partial charge in [-0.25, -0.2) is 0 Å². The molecule has 1 saturated heterocycles. The zero-order valence-corrected chi connectivity index (χ0v) is 18.1. The highest BCUT2D eigenvalue weighted by molar-refractivity contribution is 5.78. The van der Waals surface area contributed by atoms with E-state index in [1.165, 1.54) is 5.56 Å². The third kappa shape index (κ3) is 7.24. The van der Waals surface area contributed by atoms with Gasteiger partial charge in [0, 0.05) is 40.3 Å². The Kier molecular flexibility index (Phi) is 8.45. The van der Waals surface area contributed by atoms with Crippen LogP contribution in [0.25, 0.3) is 0 Å². The lowest BCUT2D eigenvalue weighted by molar-refractivity contribution is -0.131. The molecule has 1 heterocycles. The van der Waals surface area contributed by atoms with Gasteiger partial charge in [0.1, 0.15) is 0 Å². The molecule has 1 aliphatic heterocycles. The number of nitrogens with zero attached hydrogens (tertiary/aromatic N) is 3. The molecule has 156 valence electrons. The molecule has 1 N–H and O–H groups in total. The normalized spacial score (nSPS) is 16.8. The Balaban J connectivity index is 1.74. The molecular formula is C22H36N4O2. The van der Waals surface area contributed by atoms with Gasteiger partial charge in [-0.3, -0.25) is 19.4 Å². The summed E-state index contributed by atoms with van der Waals surface area (Å²) in [6.45, 7) is 10.6. The van der Waals surface area contributed by atoms with Crippen molar-refractivity contribution in [3.05, 3.63) is 35.4 Å². The van der Waals surface area contributed by atoms with Crippen molar-refractivity contribution in [3.8, 4) is 0 Å². The fourth-order valence-corrected chi connectivity index (χ4v) is 3.43. The first-order valence-electron chi connectivity index (χ1n) is 10.3. The fraction of sp³-hybridized carbons (Fsp3) is 0.636. The minimum atomic E-state index is -0.000369. The van der Waals surface area contributed by atoms with Gasteiger partial charge >= 0.3 is 0 Å². The third-order valence-electron chi connectivity index (χ3n) is 5.19. The first kappa shape index (κ1) is 22.4. The Hall–Kier alpha value is -1.92. The predicted octanol–water partition coefficient (Wildman–Crippen LogP) is 1.77. The molecule has 28 heavy (non-hydrogen) atoms. The van der Waals surface area contributed by atoms with E-state index in [-0.39, 0.29) is 17.9 Å². The summed E-state index contributed by atoms with van der Waals surface area (Å²) >= 11 is 0. The van der Waals surface area contributed by atoms with Gasteiger partial charge in [-0.05, 0) is 30.4 Å². The summed E-state index contributed by atoms with van der Waals surface area (Å²) < 4.78 is 0. The van der Waals surface area contributed by atoms with Gasteiger partial charge in [0.15, 0.2) is 0 Å². The minimum absolute atomic E-state index is 0.000369. The molecule has 6 nitrogen and oxygen atoms in total. The van der Waals surface area contributed by atoms with E-state index in [1.807, 2.05) is 6.92 Å². The second kappa shape index (κ2) is 10.6. The van der Waals surface area contributed by atoms with Gasteiger partial charge in [-0.2, -0.15) is 0 Å². The lowest BCUT2D eigenvalue weighted by Crippen LogP contribution is -2.51. The third-order valence-corrected chi connectivity index (χ3v) is 5.19. The van der Waals surface area contributed by atoms with Crippen LogP contribution in [0.2, 0.25) is 0 Å². The van der Waals surface area contributed by atoms with Crippen molar-refractivity contribution in [1.29, 1.82) is 0 Å². The first-order chi connectivity index (χ1) is 13.2. The fourth-order valence-electron chi connectivity index (χ4n) is 3.43. The van der Waals surface area contributed by atoms with Crippen LogP contribution in [0.15, 0.2) is 24.3 Å². The number of nitrogens with one attached hydrogen (secondary N) is 1. The number of carbonyl (C=O) groups excluding carboxylic acids is 2. The van der Waals surface area contributed by atoms with Crippen LogP contribution in [0.4, 0.5) is 0 Å². The average Bonchev–Trinajstić information content (AvgIpc) is 2.63. The zero-order valence-electron chi connectivity index (χ0n) is 18.1. The van der Waals surface area contributed by atoms with E-state index in [0.29, 0.717) is 19.0 Å². The van der Waals surface area contributed by atoms with Crippen LogP contribution in [-0.2, 0) is 16.0 Å². The SMILES string of the molecule is CC(C)Cc1ccc(C(C)NC(=O)CN2CCN(CC(=O)N(C)C)CC2)cc1. The zero-order chi connectivity index (χ0) is 20.7. The van der Waals surface area contributed by atoms with Crippen LogP contribution in [0.5, 0.6) is 0 Å². The van der Waals surface area contributed by atoms with Gasteiger partial charge in [0.25, 0.3) is 0 Å². The summed E-state index contributed by atoms with van der Waals surface area (Å²) in [6, 6.07) is 8.55. The molecule has 2 rings (SSSR count). The van der Waals surface area contributed by atoms with Crippen molar-refractivity contribution in [1.82, 2.24) is 20.0 Å². The predicted molar refractivity (Wildman–Crippen MR) is 113 cm³/mol. The highest BCUT2D eigenvalue weighted by atomic mass is 16.2. The van der Waals surface area contributed by atoms with Gasteiger partial charge in [0.2, 0.25) is 11.8 Å². The summed E-state index contributed by atoms with van der Waals surface area (Å²) in [7, 11) is 3.56. The summed E-state index contributed by atoms with van der Waals surface area (Å²) in [5, 5.41) is 3.11. The van der Waals surface area contributed by atoms with Crippen molar-refractivity contribution < 1.29 is 9.59 Å². The molecule has 6 heteroatoms. The molecule has 0 radical (unpaired) electrons. The van der Waals surface area contributed by atoms with Gasteiger partial charge in [-0.1, -0.05) is 38.1 Å². The Morgan fingerprint density at radius 2 is 1.50 bits per heavy atom. The van der Waals surface area contributed by atoms with Crippen LogP contribution >= 0.6 is 0 Å². The smallest absolute Gasteiger partial charge is 0.236 e. The summed E-state index contributed by atoms with van der Waals surface area (Å²) in [5.74, 6) is 0.820. The summed E-state index contributed by atoms with van der Waals surface area (Å²) in [6.07, 6.45) is 1.08. The summed E-state index contributed by atoms with van der Waals surface area (Å²) in [5.41, 5.74) is 2.47. The number of benzene rings is 1. The molecule has 0 aliphatic carbocycles. The Morgan fingerprint density at radius 1 is 0.964 bits per heavy atom. The molecule has 1 fully saturated rings. The Bertz CT molecular complexity index is 634. The molecule has 0 saturated carbocycles. The molecule has 1 aromatic rings. The number of amides is 2. The number of rotatable bonds is 8. The topological polar surface area (TPSA) is 55.9 Å². The molecule has 0 bridgehead atoms. The maximum atomic E-state index is 12.4. The van der Waals surface area contributed by atoms with E-state index in [1.54, 1.807) is 19.0 Å². The Labute approximate surface area is 169 Å². The Morgan fingerprint density at radius 3 is 2.00 bits per heavy atom. The van der Waals surface area contributed by atoms with Gasteiger partial charge in [-0.15, -0.1) is 0 Å². The van der Waals surface area contributed by atoms with E-state index >= 15 is 0 Å². The van der Waals surface area contributed by atoms with Crippen molar-refractivity contribution in [2.75, 3.05) is 53.4 Å². The van der Waals surface area contributed by atoms with E-state index in [4.69, 9.17) is 0 Å². The second-order valence-corrected chi connectivity index (χ2v) is 8.47. The van der Waals surface area contributed by atoms with Crippen molar-refractivity contribution in [3.63, 3.8) is 0 Å². The molecule has 2 amide bonds. The van der Waals surface area contributed by atoms with Crippen molar-refractivity contribution in [2.24, 2.45) is 5.92 Å². The van der Waals surface area contributed by atoms with Crippen LogP contribution in [0, 0.1) is 5.92 Å². The first-order valence-corrected chi connectivity index (χ1v) is 10.3. The number of likely N-dealkylation sites (N-methyl/N-ethyl adjacent to an activating group) is 1. The van der Waals surface area contributed by atoms with Crippen LogP contribution in [-0.4, -0.2) is 79.9 Å². The van der Waals surface area contributed by atoms with Gasteiger partial charge < -0.3 is 10.2 Å². The number of hydrogen-bond acceptors (Lipinski definition) is 4. The maximum Gasteiger partial charge on any atom is 0.236 e. The van der Waals surface area contributed by atoms with Crippen LogP contribution in [0.1, 0.15) is 37.9 Å². The lowest BCUT2D eigenvalue weighted by Gasteiger charge is -2.34. The second-order valence-electron chi connectivity index (χ2n) is 8.47. The van der Waals surface area contributed by atoms with Crippen molar-refractivity contribution in [2.45, 2.75) is 33.2 Å². The van der Waals surface area contributed by atoms with E-state index < -0.39 is 0 Å². The molecule has 0 aromatic heterocycles. The highest BCUT2D eigenvalue weighted by Gasteiger charge is 2.21. The van der Waals surface area contributed by atoms with E-state index in [9.17, 15) is 9.59 Å². The quantitative estimate of drug-likeness (QED) is 0.737. The molecule has 1 atom stereocenters. The van der Waals surface area contributed by atoms with E-state index in [2.05, 4.69) is 53.2 Å². The van der Waals surface area contributed by atoms with Gasteiger partial charge in [0.05, 0.1) is 19.1 Å². The maximum absolute atomic E-state index is 12.4. The monoisotopic (exact) mass is 388 g/mol. The number of hydrogen-bond donors (Lipinski definition) is 1. The minimum Gasteiger partial charge on any atom is -0.348 e. The number of piperazine rings is 1. The van der Waals surface area contributed by atoms with Crippen LogP contribution in [0.3, 0.4) is 0 Å². The molecule has 0 spiro atoms. The highest BCUT2D eigenvalue weighted by Crippen LogP contribution is 2.15. The lowest BCUT2D eigenvalue weighted by atomic mass is 10.00. The molecule has 1 aromatic carbocycles. The molecular weight excluding hydrogens is 352 g/mol. The standard InChI is InChI=1S/C22H36N4O2/c1-17(2)14-19-6-8-20(9-7-19)18(3)23-21(27)15-25-10-12-26(13-11-25)16-22(28)24(4)5/h6-9,17-18H,10-16H2,1-5H3,(H,23,27). The number of carbonyl (C=O) groups is 2. The van der Waals surface area contributed by atoms with Crippen LogP contribution < -0.4 is 5.32 Å². The summed E-state index contributed by atoms with van der Waals surface area (Å²) in [4.78, 5) is 30.2. The largest absolute Gasteiger partial charge is 0.348 e.